The van der Waals surface area contributed by atoms with Gasteiger partial charge in [-0.3, -0.25) is 9.59 Å². The van der Waals surface area contributed by atoms with E-state index in [1.807, 2.05) is 66.7 Å². The number of carbonyl (C=O) groups excluding carboxylic acids is 2. The van der Waals surface area contributed by atoms with Gasteiger partial charge in [0, 0.05) is 17.0 Å². The molecule has 0 saturated heterocycles. The van der Waals surface area contributed by atoms with Gasteiger partial charge in [0.2, 0.25) is 0 Å². The zero-order valence-corrected chi connectivity index (χ0v) is 15.6. The Labute approximate surface area is 168 Å². The lowest BCUT2D eigenvalue weighted by molar-refractivity contribution is 0.0861. The van der Waals surface area contributed by atoms with Gasteiger partial charge in [-0.2, -0.15) is 10.2 Å². The fraction of sp³-hybridized carbons (Fsp3) is 0.120. The third kappa shape index (κ3) is 2.93. The van der Waals surface area contributed by atoms with E-state index in [1.54, 1.807) is 24.3 Å². The first-order valence-electron chi connectivity index (χ1n) is 9.64. The summed E-state index contributed by atoms with van der Waals surface area (Å²) in [6, 6.07) is 26.8. The number of hydrogen-bond acceptors (Lipinski definition) is 4. The molecule has 0 bridgehead atoms. The largest absolute Gasteiger partial charge is 0.293 e. The maximum atomic E-state index is 12.9. The van der Waals surface area contributed by atoms with Crippen LogP contribution in [0.2, 0.25) is 0 Å². The molecule has 0 amide bonds. The molecule has 5 rings (SSSR count). The molecule has 1 heterocycles. The van der Waals surface area contributed by atoms with E-state index >= 15 is 0 Å². The normalized spacial score (nSPS) is 21.2. The number of benzene rings is 3. The Hall–Kier alpha value is -3.66. The van der Waals surface area contributed by atoms with Crippen LogP contribution in [0.3, 0.4) is 0 Å². The average molecular weight is 378 g/mol. The van der Waals surface area contributed by atoms with Crippen molar-refractivity contribution < 1.29 is 9.59 Å². The molecule has 2 aliphatic rings. The van der Waals surface area contributed by atoms with Crippen LogP contribution in [0.5, 0.6) is 0 Å². The number of hydrogen-bond donors (Lipinski definition) is 0. The number of rotatable bonds is 3. The first-order valence-corrected chi connectivity index (χ1v) is 9.64. The number of Topliss-reactive ketones (excluding diaryl/α,β-unsaturated/α-hetero) is 2. The predicted molar refractivity (Wildman–Crippen MR) is 110 cm³/mol. The number of azo groups is 1. The minimum atomic E-state index is -0.904. The topological polar surface area (TPSA) is 58.9 Å². The van der Waals surface area contributed by atoms with Crippen molar-refractivity contribution in [2.75, 3.05) is 0 Å². The highest BCUT2D eigenvalue weighted by molar-refractivity contribution is 6.28. The van der Waals surface area contributed by atoms with Gasteiger partial charge in [-0.25, -0.2) is 0 Å². The lowest BCUT2D eigenvalue weighted by Gasteiger charge is -2.26. The molecule has 1 aliphatic heterocycles. The molecule has 0 fully saturated rings. The van der Waals surface area contributed by atoms with Crippen LogP contribution < -0.4 is 0 Å². The van der Waals surface area contributed by atoms with Crippen LogP contribution in [0, 0.1) is 5.92 Å². The molecule has 29 heavy (non-hydrogen) atoms. The molecule has 4 heteroatoms. The third-order valence-corrected chi connectivity index (χ3v) is 5.59. The van der Waals surface area contributed by atoms with Gasteiger partial charge in [0.1, 0.15) is 12.0 Å². The van der Waals surface area contributed by atoms with E-state index in [0.717, 1.165) is 11.1 Å². The van der Waals surface area contributed by atoms with Gasteiger partial charge < -0.3 is 0 Å². The Morgan fingerprint density at radius 1 is 0.621 bits per heavy atom. The smallest absolute Gasteiger partial charge is 0.180 e. The van der Waals surface area contributed by atoms with Gasteiger partial charge >= 0.3 is 0 Å². The van der Waals surface area contributed by atoms with Crippen molar-refractivity contribution in [1.82, 2.24) is 0 Å². The van der Waals surface area contributed by atoms with E-state index in [9.17, 15) is 9.59 Å². The molecular formula is C25H18N2O2. The molecule has 3 aromatic rings. The summed E-state index contributed by atoms with van der Waals surface area (Å²) in [6.07, 6.45) is 1.95. The Balaban J connectivity index is 1.57. The van der Waals surface area contributed by atoms with Crippen LogP contribution in [0.4, 0.5) is 0 Å². The number of nitrogens with zero attached hydrogens (tertiary/aromatic N) is 2. The monoisotopic (exact) mass is 378 g/mol. The van der Waals surface area contributed by atoms with Gasteiger partial charge in [0.05, 0.1) is 5.70 Å². The van der Waals surface area contributed by atoms with Crippen molar-refractivity contribution in [2.24, 2.45) is 16.1 Å². The average Bonchev–Trinajstić information content (AvgIpc) is 3.05. The Morgan fingerprint density at radius 3 is 1.72 bits per heavy atom. The minimum absolute atomic E-state index is 0.101. The van der Waals surface area contributed by atoms with Crippen LogP contribution >= 0.6 is 0 Å². The molecule has 0 aromatic heterocycles. The lowest BCUT2D eigenvalue weighted by atomic mass is 9.84. The molecule has 3 aromatic carbocycles. The first kappa shape index (κ1) is 17.4. The van der Waals surface area contributed by atoms with Crippen molar-refractivity contribution >= 4 is 11.6 Å². The van der Waals surface area contributed by atoms with Crippen LogP contribution in [0.25, 0.3) is 0 Å². The third-order valence-electron chi connectivity index (χ3n) is 5.59. The zero-order valence-electron chi connectivity index (χ0n) is 15.6. The van der Waals surface area contributed by atoms with Crippen LogP contribution in [0.1, 0.15) is 43.8 Å². The van der Waals surface area contributed by atoms with E-state index in [0.29, 0.717) is 16.8 Å². The zero-order chi connectivity index (χ0) is 19.8. The van der Waals surface area contributed by atoms with Gasteiger partial charge in [0.15, 0.2) is 11.6 Å². The Morgan fingerprint density at radius 2 is 1.14 bits per heavy atom. The maximum Gasteiger partial charge on any atom is 0.180 e. The van der Waals surface area contributed by atoms with Gasteiger partial charge in [0.25, 0.3) is 0 Å². The number of ketones is 2. The molecule has 4 nitrogen and oxygen atoms in total. The summed E-state index contributed by atoms with van der Waals surface area (Å²) >= 11 is 0. The van der Waals surface area contributed by atoms with Crippen molar-refractivity contribution in [2.45, 2.75) is 12.0 Å². The maximum absolute atomic E-state index is 12.9. The molecule has 0 spiro atoms. The van der Waals surface area contributed by atoms with Crippen LogP contribution in [-0.4, -0.2) is 11.6 Å². The van der Waals surface area contributed by atoms with E-state index in [2.05, 4.69) is 10.2 Å². The summed E-state index contributed by atoms with van der Waals surface area (Å²) in [7, 11) is 0. The lowest BCUT2D eigenvalue weighted by Crippen LogP contribution is -2.20. The summed E-state index contributed by atoms with van der Waals surface area (Å²) < 4.78 is 0. The highest BCUT2D eigenvalue weighted by Crippen LogP contribution is 2.43. The molecule has 140 valence electrons. The standard InChI is InChI=1S/C25H18N2O2/c28-24-18-13-7-8-14-19(18)25(29)22(24)21-15-20(16-9-3-1-4-10-16)23(27-26-21)17-11-5-2-6-12-17/h1-15,20,22-23H/t20-,23-/m0/s1. The summed E-state index contributed by atoms with van der Waals surface area (Å²) in [5.74, 6) is -1.39. The van der Waals surface area contributed by atoms with E-state index in [1.165, 1.54) is 0 Å². The second-order valence-corrected chi connectivity index (χ2v) is 7.31. The van der Waals surface area contributed by atoms with Gasteiger partial charge in [-0.15, -0.1) is 0 Å². The molecular weight excluding hydrogens is 360 g/mol. The highest BCUT2D eigenvalue weighted by Gasteiger charge is 2.42. The van der Waals surface area contributed by atoms with Crippen molar-refractivity contribution in [1.29, 1.82) is 0 Å². The van der Waals surface area contributed by atoms with Crippen LogP contribution in [-0.2, 0) is 0 Å². The molecule has 0 saturated carbocycles. The van der Waals surface area contributed by atoms with E-state index in [4.69, 9.17) is 0 Å². The first-order chi connectivity index (χ1) is 14.2. The molecule has 0 unspecified atom stereocenters. The second-order valence-electron chi connectivity index (χ2n) is 7.31. The fourth-order valence-electron chi connectivity index (χ4n) is 4.15. The Kier molecular flexibility index (Phi) is 4.24. The van der Waals surface area contributed by atoms with E-state index in [-0.39, 0.29) is 23.5 Å². The summed E-state index contributed by atoms with van der Waals surface area (Å²) in [4.78, 5) is 25.9. The number of allylic oxidation sites excluding steroid dienone is 1. The molecule has 1 aliphatic carbocycles. The summed E-state index contributed by atoms with van der Waals surface area (Å²) in [5.41, 5.74) is 3.51. The fourth-order valence-corrected chi connectivity index (χ4v) is 4.15. The van der Waals surface area contributed by atoms with Crippen molar-refractivity contribution in [3.63, 3.8) is 0 Å². The van der Waals surface area contributed by atoms with Crippen molar-refractivity contribution in [3.8, 4) is 0 Å². The number of fused-ring (bicyclic) bond motifs is 1. The SMILES string of the molecule is O=C1c2ccccc2C(=O)C1C1=C[C@@H](c2ccccc2)[C@H](c2ccccc2)N=N1. The Bertz CT molecular complexity index is 1110. The second kappa shape index (κ2) is 7.06. The summed E-state index contributed by atoms with van der Waals surface area (Å²) in [6.45, 7) is 0. The molecule has 0 radical (unpaired) electrons. The van der Waals surface area contributed by atoms with Gasteiger partial charge in [-0.1, -0.05) is 84.9 Å². The minimum Gasteiger partial charge on any atom is -0.293 e. The van der Waals surface area contributed by atoms with Gasteiger partial charge in [-0.05, 0) is 17.2 Å². The molecule has 2 atom stereocenters. The highest BCUT2D eigenvalue weighted by atomic mass is 16.2. The van der Waals surface area contributed by atoms with Crippen molar-refractivity contribution in [3.05, 3.63) is 119 Å². The summed E-state index contributed by atoms with van der Waals surface area (Å²) in [5, 5.41) is 8.94. The van der Waals surface area contributed by atoms with E-state index < -0.39 is 5.92 Å². The number of carbonyl (C=O) groups is 2. The quantitative estimate of drug-likeness (QED) is 0.561. The molecule has 0 N–H and O–H groups in total. The predicted octanol–water partition coefficient (Wildman–Crippen LogP) is 5.56. The van der Waals surface area contributed by atoms with Crippen LogP contribution in [0.15, 0.2) is 107 Å².